The fraction of sp³-hybridized carbons (Fsp3) is 0.556. The molecule has 0 fully saturated rings. The van der Waals surface area contributed by atoms with E-state index in [1.807, 2.05) is 0 Å². The number of esters is 2. The summed E-state index contributed by atoms with van der Waals surface area (Å²) >= 11 is 0. The van der Waals surface area contributed by atoms with Gasteiger partial charge in [-0.25, -0.2) is 18.0 Å². The molecule has 0 N–H and O–H groups in total. The number of rotatable bonds is 12. The monoisotopic (exact) mass is 408 g/mol. The molecule has 146 valence electrons. The molecule has 27 heavy (non-hydrogen) atoms. The van der Waals surface area contributed by atoms with Crippen molar-refractivity contribution in [3.63, 3.8) is 0 Å². The Morgan fingerprint density at radius 2 is 1.37 bits per heavy atom. The normalized spacial score (nSPS) is 10.7. The van der Waals surface area contributed by atoms with E-state index in [0.29, 0.717) is 0 Å². The molecule has 0 atom stereocenters. The molecule has 1 aromatic carbocycles. The van der Waals surface area contributed by atoms with Gasteiger partial charge in [0.15, 0.2) is 0 Å². The first-order valence-electron chi connectivity index (χ1n) is 8.72. The van der Waals surface area contributed by atoms with Crippen LogP contribution in [-0.2, 0) is 19.6 Å². The average Bonchev–Trinajstić information content (AvgIpc) is 2.59. The van der Waals surface area contributed by atoms with Gasteiger partial charge in [0.05, 0.1) is 33.6 Å². The van der Waals surface area contributed by atoms with E-state index in [-0.39, 0.29) is 47.3 Å². The number of benzene rings is 1. The molecule has 0 aliphatic carbocycles. The number of hydrogen-bond donors (Lipinski definition) is 0. The summed E-state index contributed by atoms with van der Waals surface area (Å²) in [4.78, 5) is 24.2. The smallest absolute Gasteiger partial charge is 0.748 e. The fourth-order valence-corrected chi connectivity index (χ4v) is 2.57. The molecule has 0 bridgehead atoms. The van der Waals surface area contributed by atoms with Gasteiger partial charge in [0, 0.05) is 0 Å². The van der Waals surface area contributed by atoms with Gasteiger partial charge in [-0.2, -0.15) is 0 Å². The molecule has 0 saturated heterocycles. The Bertz CT molecular complexity index is 689. The third-order valence-electron chi connectivity index (χ3n) is 3.66. The van der Waals surface area contributed by atoms with Crippen LogP contribution in [0.2, 0.25) is 0 Å². The van der Waals surface area contributed by atoms with Crippen molar-refractivity contribution >= 4 is 22.1 Å². The van der Waals surface area contributed by atoms with E-state index < -0.39 is 34.4 Å². The summed E-state index contributed by atoms with van der Waals surface area (Å²) in [7, 11) is -4.47. The van der Waals surface area contributed by atoms with Crippen LogP contribution in [0.1, 0.15) is 66.2 Å². The fourth-order valence-electron chi connectivity index (χ4n) is 2.28. The van der Waals surface area contributed by atoms with E-state index in [1.54, 1.807) is 12.1 Å². The SMILES string of the molecule is CCCCCCCCOC(=O)c1ccccc1C(=O)OCCS(=O)(=O)[O-].[Na+]. The molecule has 0 unspecified atom stereocenters. The van der Waals surface area contributed by atoms with Gasteiger partial charge in [0.25, 0.3) is 0 Å². The van der Waals surface area contributed by atoms with E-state index in [2.05, 4.69) is 6.92 Å². The Morgan fingerprint density at radius 3 is 1.89 bits per heavy atom. The Balaban J connectivity index is 0.00000676. The number of carbonyl (C=O) groups is 2. The van der Waals surface area contributed by atoms with Gasteiger partial charge < -0.3 is 14.0 Å². The summed E-state index contributed by atoms with van der Waals surface area (Å²) in [6, 6.07) is 5.95. The number of ether oxygens (including phenoxy) is 2. The maximum atomic E-state index is 12.2. The van der Waals surface area contributed by atoms with Crippen LogP contribution in [0.5, 0.6) is 0 Å². The Hall–Kier alpha value is -0.930. The van der Waals surface area contributed by atoms with Crippen molar-refractivity contribution in [3.05, 3.63) is 35.4 Å². The molecule has 1 rings (SSSR count). The molecule has 0 aliphatic rings. The molecule has 0 aliphatic heterocycles. The summed E-state index contributed by atoms with van der Waals surface area (Å²) in [5, 5.41) is 0. The van der Waals surface area contributed by atoms with Gasteiger partial charge in [-0.05, 0) is 18.6 Å². The zero-order valence-electron chi connectivity index (χ0n) is 15.9. The Morgan fingerprint density at radius 1 is 0.889 bits per heavy atom. The van der Waals surface area contributed by atoms with Crippen molar-refractivity contribution < 1.29 is 61.6 Å². The first-order chi connectivity index (χ1) is 12.3. The predicted octanol–water partition coefficient (Wildman–Crippen LogP) is -0.0901. The molecule has 0 amide bonds. The van der Waals surface area contributed by atoms with Crippen molar-refractivity contribution in [3.8, 4) is 0 Å². The third kappa shape index (κ3) is 11.5. The molecular formula is C18H25NaO7S. The van der Waals surface area contributed by atoms with Gasteiger partial charge in [-0.15, -0.1) is 0 Å². The van der Waals surface area contributed by atoms with Crippen molar-refractivity contribution in [1.82, 2.24) is 0 Å². The molecule has 0 spiro atoms. The minimum Gasteiger partial charge on any atom is -0.748 e. The largest absolute Gasteiger partial charge is 1.00 e. The van der Waals surface area contributed by atoms with Gasteiger partial charge >= 0.3 is 41.5 Å². The summed E-state index contributed by atoms with van der Waals surface area (Å²) in [6.45, 7) is 1.85. The minimum atomic E-state index is -4.47. The van der Waals surface area contributed by atoms with E-state index in [4.69, 9.17) is 9.47 Å². The van der Waals surface area contributed by atoms with Gasteiger partial charge in [0.1, 0.15) is 6.61 Å². The molecule has 1 aromatic rings. The Labute approximate surface area is 182 Å². The first kappa shape index (κ1) is 26.1. The van der Waals surface area contributed by atoms with Gasteiger partial charge in [-0.1, -0.05) is 51.2 Å². The van der Waals surface area contributed by atoms with Crippen LogP contribution >= 0.6 is 0 Å². The van der Waals surface area contributed by atoms with Gasteiger partial charge in [-0.3, -0.25) is 0 Å². The Kier molecular flexibility index (Phi) is 13.6. The molecule has 7 nitrogen and oxygen atoms in total. The van der Waals surface area contributed by atoms with E-state index in [1.165, 1.54) is 25.0 Å². The standard InChI is InChI=1S/C18H26O7S.Na/c1-2-3-4-5-6-9-12-24-17(19)15-10-7-8-11-16(15)18(20)25-13-14-26(21,22)23;/h7-8,10-11H,2-6,9,12-14H2,1H3,(H,21,22,23);/q;+1/p-1. The summed E-state index contributed by atoms with van der Waals surface area (Å²) in [5.41, 5.74) is 0.0252. The molecular weight excluding hydrogens is 383 g/mol. The van der Waals surface area contributed by atoms with Crippen molar-refractivity contribution in [2.24, 2.45) is 0 Å². The molecule has 0 heterocycles. The molecule has 9 heteroatoms. The maximum Gasteiger partial charge on any atom is 1.00 e. The second kappa shape index (κ2) is 14.1. The summed E-state index contributed by atoms with van der Waals surface area (Å²) in [6.07, 6.45) is 6.35. The van der Waals surface area contributed by atoms with Crippen molar-refractivity contribution in [1.29, 1.82) is 0 Å². The second-order valence-corrected chi connectivity index (χ2v) is 7.37. The van der Waals surface area contributed by atoms with Crippen LogP contribution in [0, 0.1) is 0 Å². The topological polar surface area (TPSA) is 110 Å². The first-order valence-corrected chi connectivity index (χ1v) is 10.3. The number of unbranched alkanes of at least 4 members (excludes halogenated alkanes) is 5. The van der Waals surface area contributed by atoms with Crippen LogP contribution in [0.4, 0.5) is 0 Å². The van der Waals surface area contributed by atoms with Crippen LogP contribution in [0.25, 0.3) is 0 Å². The molecule has 0 radical (unpaired) electrons. The van der Waals surface area contributed by atoms with E-state index in [0.717, 1.165) is 25.7 Å². The zero-order chi connectivity index (χ0) is 19.4. The quantitative estimate of drug-likeness (QED) is 0.206. The molecule has 0 aromatic heterocycles. The maximum absolute atomic E-state index is 12.2. The molecule has 0 saturated carbocycles. The van der Waals surface area contributed by atoms with Crippen molar-refractivity contribution in [2.45, 2.75) is 45.4 Å². The van der Waals surface area contributed by atoms with E-state index in [9.17, 15) is 22.6 Å². The van der Waals surface area contributed by atoms with Gasteiger partial charge in [0.2, 0.25) is 0 Å². The van der Waals surface area contributed by atoms with Crippen LogP contribution < -0.4 is 29.6 Å². The van der Waals surface area contributed by atoms with Crippen molar-refractivity contribution in [2.75, 3.05) is 19.0 Å². The van der Waals surface area contributed by atoms with Crippen LogP contribution in [0.15, 0.2) is 24.3 Å². The van der Waals surface area contributed by atoms with Crippen LogP contribution in [-0.4, -0.2) is 43.9 Å². The van der Waals surface area contributed by atoms with Crippen LogP contribution in [0.3, 0.4) is 0 Å². The number of carbonyl (C=O) groups excluding carboxylic acids is 2. The summed E-state index contributed by atoms with van der Waals surface area (Å²) < 4.78 is 41.5. The third-order valence-corrected chi connectivity index (χ3v) is 4.33. The average molecular weight is 408 g/mol. The van der Waals surface area contributed by atoms with E-state index >= 15 is 0 Å². The predicted molar refractivity (Wildman–Crippen MR) is 94.9 cm³/mol. The summed E-state index contributed by atoms with van der Waals surface area (Å²) in [5.74, 6) is -2.33. The minimum absolute atomic E-state index is 0. The second-order valence-electron chi connectivity index (χ2n) is 5.85. The zero-order valence-corrected chi connectivity index (χ0v) is 18.8. The number of hydrogen-bond acceptors (Lipinski definition) is 7.